The third-order valence-corrected chi connectivity index (χ3v) is 11.6. The fraction of sp³-hybridized carbons (Fsp3) is 0.491. The molecule has 27 nitrogen and oxygen atoms in total. The summed E-state index contributed by atoms with van der Waals surface area (Å²) in [5.74, 6) is -4.17. The van der Waals surface area contributed by atoms with Crippen LogP contribution in [-0.2, 0) is 86.5 Å². The fourth-order valence-electron chi connectivity index (χ4n) is 7.66. The normalized spacial score (nSPS) is 13.4. The Morgan fingerprint density at radius 1 is 0.700 bits per heavy atom. The van der Waals surface area contributed by atoms with Crippen molar-refractivity contribution in [3.63, 3.8) is 0 Å². The number of imide groups is 1. The molecule has 3 atom stereocenters. The Bertz CT molecular complexity index is 2820. The van der Waals surface area contributed by atoms with Crippen LogP contribution < -0.4 is 37.6 Å². The molecule has 2 aromatic carbocycles. The lowest BCUT2D eigenvalue weighted by Gasteiger charge is -2.22. The number of carbonyl (C=O) groups excluding carboxylic acids is 9. The highest BCUT2D eigenvalue weighted by atomic mass is 16.6. The van der Waals surface area contributed by atoms with Gasteiger partial charge in [-0.15, -0.1) is 0 Å². The van der Waals surface area contributed by atoms with E-state index in [1.165, 1.54) is 26.0 Å². The molecule has 0 radical (unpaired) electrons. The number of fused-ring (bicyclic) bond motifs is 3. The first kappa shape index (κ1) is 62.9. The highest BCUT2D eigenvalue weighted by molar-refractivity contribution is 6.13. The van der Waals surface area contributed by atoms with Crippen molar-refractivity contribution in [1.82, 2.24) is 40.7 Å². The van der Waals surface area contributed by atoms with Crippen molar-refractivity contribution in [2.45, 2.75) is 97.4 Å². The molecule has 5 rings (SSSR count). The van der Waals surface area contributed by atoms with Crippen molar-refractivity contribution < 1.29 is 76.7 Å². The van der Waals surface area contributed by atoms with Crippen LogP contribution in [0.5, 0.6) is 0 Å². The highest BCUT2D eigenvalue weighted by Gasteiger charge is 2.29. The summed E-state index contributed by atoms with van der Waals surface area (Å²) in [5.41, 5.74) is 6.72. The van der Waals surface area contributed by atoms with Crippen molar-refractivity contribution in [2.24, 2.45) is 5.73 Å². The van der Waals surface area contributed by atoms with Gasteiger partial charge in [-0.1, -0.05) is 30.3 Å². The minimum absolute atomic E-state index is 0.00340. The van der Waals surface area contributed by atoms with E-state index in [-0.39, 0.29) is 96.1 Å². The first-order chi connectivity index (χ1) is 38.2. The number of hydrogen-bond acceptors (Lipinski definition) is 18. The minimum Gasteiger partial charge on any atom is -0.444 e. The van der Waals surface area contributed by atoms with Gasteiger partial charge in [0.05, 0.1) is 82.5 Å². The summed E-state index contributed by atoms with van der Waals surface area (Å²) in [5, 5.41) is 26.9. The van der Waals surface area contributed by atoms with Crippen LogP contribution >= 0.6 is 0 Å². The number of benzene rings is 2. The van der Waals surface area contributed by atoms with Crippen molar-refractivity contribution in [3.05, 3.63) is 72.1 Å². The second-order valence-corrected chi connectivity index (χ2v) is 18.8. The molecule has 4 aromatic rings. The Labute approximate surface area is 461 Å². The van der Waals surface area contributed by atoms with Crippen molar-refractivity contribution in [1.29, 1.82) is 0 Å². The molecular weight excluding hydrogens is 1050 g/mol. The fourth-order valence-corrected chi connectivity index (χ4v) is 7.66. The summed E-state index contributed by atoms with van der Waals surface area (Å²) in [4.78, 5) is 122. The number of rotatable bonds is 35. The SMILES string of the molecule is CCOCc1nc2c(NC(=O)OCc3ccc(NC(=O)C(CC(N)=O)NC(=O)[C@H](C)NC(=O)[C@H](C)NC(=O)CCOCCOCCOCCOCCNC(=O)CCN4C(=O)C=CC4=O)cc3)nc3ccccc3c2n1CC(C)(C)O. The highest BCUT2D eigenvalue weighted by Crippen LogP contribution is 2.32. The van der Waals surface area contributed by atoms with E-state index in [1.54, 1.807) is 32.0 Å². The number of pyridine rings is 1. The number of nitrogens with zero attached hydrogens (tertiary/aromatic N) is 4. The van der Waals surface area contributed by atoms with Crippen LogP contribution in [0.1, 0.15) is 65.3 Å². The summed E-state index contributed by atoms with van der Waals surface area (Å²) >= 11 is 0. The summed E-state index contributed by atoms with van der Waals surface area (Å²) < 4.78 is 34.7. The van der Waals surface area contributed by atoms with Gasteiger partial charge in [-0.2, -0.15) is 0 Å². The van der Waals surface area contributed by atoms with Crippen molar-refractivity contribution in [2.75, 3.05) is 83.2 Å². The Morgan fingerprint density at radius 2 is 1.31 bits per heavy atom. The standard InChI is InChI=1S/C53H71N11O16/c1-6-75-31-41-61-46-47(64(41)32-53(4,5)74)37-9-7-8-10-38(37)59-48(46)62-52(73)80-30-35-11-13-36(14-12-35)58-51(72)39(29-40(54)65)60-50(71)34(3)57-49(70)33(2)56-43(67)18-21-76-23-25-78-27-28-79-26-24-77-22-19-55-42(66)17-20-63-44(68)15-16-45(63)69/h7-16,33-34,39,74H,6,17-32H2,1-5H3,(H2,54,65)(H,55,66)(H,56,67)(H,57,70)(H,58,72)(H,60,71)(H,59,62,73)/t33-,34-,39?/m0/s1. The molecule has 9 N–H and O–H groups in total. The maximum absolute atomic E-state index is 13.3. The van der Waals surface area contributed by atoms with Crippen LogP contribution in [0.3, 0.4) is 0 Å². The molecule has 1 aliphatic rings. The summed E-state index contributed by atoms with van der Waals surface area (Å²) in [6, 6.07) is 9.88. The number of primary amides is 1. The van der Waals surface area contributed by atoms with E-state index in [2.05, 4.69) is 36.9 Å². The zero-order chi connectivity index (χ0) is 58.2. The molecule has 9 amide bonds. The summed E-state index contributed by atoms with van der Waals surface area (Å²) in [6.07, 6.45) is 0.864. The predicted molar refractivity (Wildman–Crippen MR) is 288 cm³/mol. The van der Waals surface area contributed by atoms with Gasteiger partial charge in [0.1, 0.15) is 42.7 Å². The van der Waals surface area contributed by atoms with E-state index < -0.39 is 77.6 Å². The number of anilines is 2. The van der Waals surface area contributed by atoms with Crippen LogP contribution in [0, 0.1) is 0 Å². The Hall–Kier alpha value is -7.95. The van der Waals surface area contributed by atoms with Crippen molar-refractivity contribution in [3.8, 4) is 0 Å². The van der Waals surface area contributed by atoms with E-state index in [0.29, 0.717) is 54.4 Å². The van der Waals surface area contributed by atoms with Gasteiger partial charge in [0.25, 0.3) is 11.8 Å². The Morgan fingerprint density at radius 3 is 1.95 bits per heavy atom. The zero-order valence-corrected chi connectivity index (χ0v) is 45.5. The Kier molecular flexibility index (Phi) is 24.8. The van der Waals surface area contributed by atoms with E-state index in [4.69, 9.17) is 39.1 Å². The molecular formula is C53H71N11O16. The van der Waals surface area contributed by atoms with Gasteiger partial charge in [-0.05, 0) is 58.4 Å². The molecule has 0 aliphatic carbocycles. The van der Waals surface area contributed by atoms with E-state index in [0.717, 1.165) is 22.4 Å². The number of imidazole rings is 1. The molecule has 0 bridgehead atoms. The maximum Gasteiger partial charge on any atom is 0.413 e. The third kappa shape index (κ3) is 20.7. The number of nitrogens with two attached hydrogens (primary N) is 1. The number of aliphatic hydroxyl groups is 1. The van der Waals surface area contributed by atoms with Gasteiger partial charge in [-0.25, -0.2) is 14.8 Å². The van der Waals surface area contributed by atoms with Gasteiger partial charge in [0.2, 0.25) is 35.4 Å². The van der Waals surface area contributed by atoms with Gasteiger partial charge in [0, 0.05) is 55.8 Å². The molecule has 1 aliphatic heterocycles. The average molecular weight is 1120 g/mol. The van der Waals surface area contributed by atoms with E-state index >= 15 is 0 Å². The predicted octanol–water partition coefficient (Wildman–Crippen LogP) is 0.837. The van der Waals surface area contributed by atoms with Crippen LogP contribution in [-0.4, -0.2) is 174 Å². The molecule has 0 fully saturated rings. The Balaban J connectivity index is 0.948. The lowest BCUT2D eigenvalue weighted by molar-refractivity contribution is -0.137. The number of ether oxygens (including phenoxy) is 6. The van der Waals surface area contributed by atoms with Gasteiger partial charge >= 0.3 is 6.09 Å². The molecule has 80 heavy (non-hydrogen) atoms. The van der Waals surface area contributed by atoms with Crippen LogP contribution in [0.15, 0.2) is 60.7 Å². The summed E-state index contributed by atoms with van der Waals surface area (Å²) in [7, 11) is 0. The second kappa shape index (κ2) is 31.6. The minimum atomic E-state index is -1.43. The largest absolute Gasteiger partial charge is 0.444 e. The maximum atomic E-state index is 13.3. The van der Waals surface area contributed by atoms with Gasteiger partial charge in [0.15, 0.2) is 5.82 Å². The molecule has 27 heteroatoms. The number of nitrogens with one attached hydrogen (secondary N) is 6. The van der Waals surface area contributed by atoms with E-state index in [9.17, 15) is 48.3 Å². The molecule has 0 saturated carbocycles. The van der Waals surface area contributed by atoms with E-state index in [1.807, 2.05) is 29.7 Å². The zero-order valence-electron chi connectivity index (χ0n) is 45.5. The van der Waals surface area contributed by atoms with Crippen molar-refractivity contribution >= 4 is 86.8 Å². The summed E-state index contributed by atoms with van der Waals surface area (Å²) in [6.45, 7) is 10.8. The van der Waals surface area contributed by atoms with Crippen LogP contribution in [0.25, 0.3) is 21.9 Å². The number of para-hydroxylation sites is 1. The number of amides is 9. The van der Waals surface area contributed by atoms with Crippen LogP contribution in [0.2, 0.25) is 0 Å². The van der Waals surface area contributed by atoms with Gasteiger partial charge in [-0.3, -0.25) is 48.6 Å². The quantitative estimate of drug-likeness (QED) is 0.0234. The topological polar surface area (TPSA) is 361 Å². The lowest BCUT2D eigenvalue weighted by atomic mass is 10.1. The first-order valence-electron chi connectivity index (χ1n) is 25.9. The molecule has 2 aromatic heterocycles. The van der Waals surface area contributed by atoms with Crippen LogP contribution in [0.4, 0.5) is 16.3 Å². The number of aromatic nitrogens is 3. The number of carbonyl (C=O) groups is 9. The molecule has 1 unspecified atom stereocenters. The lowest BCUT2D eigenvalue weighted by Crippen LogP contribution is -2.55. The third-order valence-electron chi connectivity index (χ3n) is 11.6. The number of hydrogen-bond donors (Lipinski definition) is 8. The second-order valence-electron chi connectivity index (χ2n) is 18.8. The molecule has 0 saturated heterocycles. The molecule has 0 spiro atoms. The average Bonchev–Trinajstić information content (AvgIpc) is 3.99. The molecule has 3 heterocycles. The molecule has 434 valence electrons. The first-order valence-corrected chi connectivity index (χ1v) is 25.9. The van der Waals surface area contributed by atoms with Gasteiger partial charge < -0.3 is 70.4 Å². The smallest absolute Gasteiger partial charge is 0.413 e. The monoisotopic (exact) mass is 1120 g/mol.